The summed E-state index contributed by atoms with van der Waals surface area (Å²) >= 11 is 3.52. The third-order valence-electron chi connectivity index (χ3n) is 0.751. The van der Waals surface area contributed by atoms with Crippen molar-refractivity contribution in [2.45, 2.75) is 5.75 Å². The number of hydrogen-bond donors (Lipinski definition) is 0. The number of aromatic nitrogens is 1. The molecule has 0 aliphatic heterocycles. The molecule has 0 saturated carbocycles. The molecule has 0 saturated heterocycles. The van der Waals surface area contributed by atoms with E-state index in [2.05, 4.69) is 11.2 Å². The molecule has 0 radical (unpaired) electrons. The molecule has 0 unspecified atom stereocenters. The fraction of sp³-hybridized carbons (Fsp3) is 0.400. The molecule has 8 heavy (non-hydrogen) atoms. The van der Waals surface area contributed by atoms with Gasteiger partial charge in [-0.2, -0.15) is 11.8 Å². The third-order valence-corrected chi connectivity index (χ3v) is 2.28. The predicted octanol–water partition coefficient (Wildman–Crippen LogP) is 2.01. The Labute approximate surface area is 57.1 Å². The average Bonchev–Trinajstić information content (AvgIpc) is 2.19. The van der Waals surface area contributed by atoms with Crippen LogP contribution in [0, 0.1) is 0 Å². The van der Waals surface area contributed by atoms with Gasteiger partial charge in [-0.05, 0) is 6.26 Å². The van der Waals surface area contributed by atoms with Crippen molar-refractivity contribution in [1.82, 2.24) is 4.98 Å². The van der Waals surface area contributed by atoms with Gasteiger partial charge in [-0.15, -0.1) is 11.3 Å². The maximum atomic E-state index is 4.10. The van der Waals surface area contributed by atoms with Gasteiger partial charge in [0.15, 0.2) is 0 Å². The first-order valence-electron chi connectivity index (χ1n) is 2.31. The molecule has 1 aromatic heterocycles. The molecule has 1 rings (SSSR count). The van der Waals surface area contributed by atoms with Gasteiger partial charge in [0.2, 0.25) is 0 Å². The standard InChI is InChI=1S/C5H7NS2/c1-7-4-5-6-2-3-8-5/h2-3H,4H2,1H3. The minimum atomic E-state index is 1.05. The van der Waals surface area contributed by atoms with Gasteiger partial charge in [0.1, 0.15) is 5.01 Å². The van der Waals surface area contributed by atoms with Gasteiger partial charge in [-0.3, -0.25) is 0 Å². The minimum absolute atomic E-state index is 1.05. The van der Waals surface area contributed by atoms with Crippen LogP contribution < -0.4 is 0 Å². The summed E-state index contributed by atoms with van der Waals surface area (Å²) in [7, 11) is 0. The molecule has 0 N–H and O–H groups in total. The highest BCUT2D eigenvalue weighted by atomic mass is 32.2. The second-order valence-electron chi connectivity index (χ2n) is 1.36. The van der Waals surface area contributed by atoms with E-state index in [0.717, 1.165) is 5.75 Å². The molecular formula is C5H7NS2. The lowest BCUT2D eigenvalue weighted by molar-refractivity contribution is 1.27. The summed E-state index contributed by atoms with van der Waals surface area (Å²) in [4.78, 5) is 4.10. The number of thiazole rings is 1. The summed E-state index contributed by atoms with van der Waals surface area (Å²) in [5.74, 6) is 1.05. The highest BCUT2D eigenvalue weighted by molar-refractivity contribution is 7.97. The first-order chi connectivity index (χ1) is 3.93. The second kappa shape index (κ2) is 3.10. The average molecular weight is 145 g/mol. The van der Waals surface area contributed by atoms with Crippen LogP contribution in [0.15, 0.2) is 11.6 Å². The zero-order valence-electron chi connectivity index (χ0n) is 4.63. The molecule has 0 atom stereocenters. The number of thioether (sulfide) groups is 1. The highest BCUT2D eigenvalue weighted by Gasteiger charge is 1.89. The molecule has 0 spiro atoms. The van der Waals surface area contributed by atoms with E-state index in [1.165, 1.54) is 5.01 Å². The van der Waals surface area contributed by atoms with Gasteiger partial charge >= 0.3 is 0 Å². The van der Waals surface area contributed by atoms with E-state index in [4.69, 9.17) is 0 Å². The quantitative estimate of drug-likeness (QED) is 0.631. The summed E-state index contributed by atoms with van der Waals surface area (Å²) in [6, 6.07) is 0. The van der Waals surface area contributed by atoms with Crippen LogP contribution in [-0.4, -0.2) is 11.2 Å². The molecular weight excluding hydrogens is 138 g/mol. The molecule has 0 bridgehead atoms. The van der Waals surface area contributed by atoms with E-state index in [-0.39, 0.29) is 0 Å². The first kappa shape index (κ1) is 6.11. The Morgan fingerprint density at radius 2 is 2.75 bits per heavy atom. The highest BCUT2D eigenvalue weighted by Crippen LogP contribution is 2.10. The van der Waals surface area contributed by atoms with Crippen LogP contribution in [0.2, 0.25) is 0 Å². The summed E-state index contributed by atoms with van der Waals surface area (Å²) in [5, 5.41) is 3.23. The van der Waals surface area contributed by atoms with Gasteiger partial charge in [-0.1, -0.05) is 0 Å². The predicted molar refractivity (Wildman–Crippen MR) is 39.3 cm³/mol. The smallest absolute Gasteiger partial charge is 0.102 e. The normalized spacial score (nSPS) is 9.62. The second-order valence-corrected chi connectivity index (χ2v) is 3.20. The van der Waals surface area contributed by atoms with Crippen LogP contribution >= 0.6 is 23.1 Å². The Morgan fingerprint density at radius 3 is 3.25 bits per heavy atom. The van der Waals surface area contributed by atoms with Crippen molar-refractivity contribution in [2.24, 2.45) is 0 Å². The van der Waals surface area contributed by atoms with E-state index in [9.17, 15) is 0 Å². The van der Waals surface area contributed by atoms with Crippen LogP contribution in [-0.2, 0) is 5.75 Å². The summed E-state index contributed by atoms with van der Waals surface area (Å²) in [6.07, 6.45) is 3.93. The van der Waals surface area contributed by atoms with E-state index < -0.39 is 0 Å². The monoisotopic (exact) mass is 145 g/mol. The maximum absolute atomic E-state index is 4.10. The molecule has 0 fully saturated rings. The molecule has 0 amide bonds. The van der Waals surface area contributed by atoms with Crippen molar-refractivity contribution in [3.63, 3.8) is 0 Å². The van der Waals surface area contributed by atoms with Crippen LogP contribution in [0.5, 0.6) is 0 Å². The van der Waals surface area contributed by atoms with Gasteiger partial charge < -0.3 is 0 Å². The molecule has 0 aliphatic rings. The van der Waals surface area contributed by atoms with Crippen molar-refractivity contribution >= 4 is 23.1 Å². The Balaban J connectivity index is 2.50. The van der Waals surface area contributed by atoms with Crippen LogP contribution in [0.3, 0.4) is 0 Å². The minimum Gasteiger partial charge on any atom is -0.249 e. The Bertz CT molecular complexity index is 136. The Morgan fingerprint density at radius 1 is 1.88 bits per heavy atom. The van der Waals surface area contributed by atoms with E-state index in [1.54, 1.807) is 11.3 Å². The van der Waals surface area contributed by atoms with Gasteiger partial charge in [0, 0.05) is 17.3 Å². The van der Waals surface area contributed by atoms with Crippen molar-refractivity contribution in [1.29, 1.82) is 0 Å². The van der Waals surface area contributed by atoms with Crippen molar-refractivity contribution < 1.29 is 0 Å². The zero-order chi connectivity index (χ0) is 5.82. The van der Waals surface area contributed by atoms with Gasteiger partial charge in [0.25, 0.3) is 0 Å². The van der Waals surface area contributed by atoms with E-state index in [1.807, 2.05) is 23.3 Å². The van der Waals surface area contributed by atoms with Crippen molar-refractivity contribution in [3.8, 4) is 0 Å². The summed E-state index contributed by atoms with van der Waals surface area (Å²) in [5.41, 5.74) is 0. The summed E-state index contributed by atoms with van der Waals surface area (Å²) < 4.78 is 0. The van der Waals surface area contributed by atoms with Gasteiger partial charge in [0.05, 0.1) is 0 Å². The van der Waals surface area contributed by atoms with Crippen LogP contribution in [0.25, 0.3) is 0 Å². The summed E-state index contributed by atoms with van der Waals surface area (Å²) in [6.45, 7) is 0. The molecule has 0 aromatic carbocycles. The zero-order valence-corrected chi connectivity index (χ0v) is 6.26. The topological polar surface area (TPSA) is 12.9 Å². The number of nitrogens with zero attached hydrogens (tertiary/aromatic N) is 1. The largest absolute Gasteiger partial charge is 0.249 e. The lowest BCUT2D eigenvalue weighted by Crippen LogP contribution is -1.72. The molecule has 1 heterocycles. The molecule has 44 valence electrons. The van der Waals surface area contributed by atoms with Crippen LogP contribution in [0.1, 0.15) is 5.01 Å². The lowest BCUT2D eigenvalue weighted by Gasteiger charge is -1.84. The van der Waals surface area contributed by atoms with Crippen LogP contribution in [0.4, 0.5) is 0 Å². The lowest BCUT2D eigenvalue weighted by atomic mass is 10.8. The number of rotatable bonds is 2. The third kappa shape index (κ3) is 1.49. The first-order valence-corrected chi connectivity index (χ1v) is 4.58. The molecule has 3 heteroatoms. The number of hydrogen-bond acceptors (Lipinski definition) is 3. The maximum Gasteiger partial charge on any atom is 0.102 e. The fourth-order valence-electron chi connectivity index (χ4n) is 0.448. The van der Waals surface area contributed by atoms with E-state index in [0.29, 0.717) is 0 Å². The Kier molecular flexibility index (Phi) is 2.36. The van der Waals surface area contributed by atoms with Crippen molar-refractivity contribution in [3.05, 3.63) is 16.6 Å². The SMILES string of the molecule is CSCc1nccs1. The van der Waals surface area contributed by atoms with Crippen molar-refractivity contribution in [2.75, 3.05) is 6.26 Å². The molecule has 1 nitrogen and oxygen atoms in total. The molecule has 1 aromatic rings. The Hall–Kier alpha value is -0.0200. The van der Waals surface area contributed by atoms with E-state index >= 15 is 0 Å². The fourth-order valence-corrected chi connectivity index (χ4v) is 1.80. The molecule has 0 aliphatic carbocycles. The van der Waals surface area contributed by atoms with Gasteiger partial charge in [-0.25, -0.2) is 4.98 Å².